The summed E-state index contributed by atoms with van der Waals surface area (Å²) in [6.45, 7) is 2.52. The van der Waals surface area contributed by atoms with Crippen LogP contribution in [-0.2, 0) is 9.59 Å². The minimum Gasteiger partial charge on any atom is -0.546 e. The van der Waals surface area contributed by atoms with Gasteiger partial charge in [0.1, 0.15) is 19.6 Å². The highest BCUT2D eigenvalue weighted by molar-refractivity contribution is 5.81. The summed E-state index contributed by atoms with van der Waals surface area (Å²) in [6.07, 6.45) is 0. The Kier molecular flexibility index (Phi) is 3.06. The third kappa shape index (κ3) is 2.45. The van der Waals surface area contributed by atoms with Gasteiger partial charge >= 0.3 is 5.97 Å². The molecule has 6 heteroatoms. The molecule has 1 aliphatic rings. The molecule has 1 heterocycles. The standard InChI is InChI=1S/C8H12N2O4/c1-6-9(4-7(11)12)2-3-10(6)5-8(13)14/h2-5H2,1H3,(H-,11,12,13,14). The van der Waals surface area contributed by atoms with Crippen molar-refractivity contribution in [1.29, 1.82) is 0 Å². The molecule has 0 atom stereocenters. The maximum atomic E-state index is 10.4. The Morgan fingerprint density at radius 3 is 2.79 bits per heavy atom. The zero-order chi connectivity index (χ0) is 10.7. The van der Waals surface area contributed by atoms with Gasteiger partial charge in [0.15, 0.2) is 6.54 Å². The normalized spacial score (nSPS) is 16.2. The molecule has 0 unspecified atom stereocenters. The zero-order valence-electron chi connectivity index (χ0n) is 7.89. The van der Waals surface area contributed by atoms with Gasteiger partial charge in [-0.3, -0.25) is 9.48 Å². The number of hydrogen-bond donors (Lipinski definition) is 1. The van der Waals surface area contributed by atoms with Crippen molar-refractivity contribution in [2.24, 2.45) is 0 Å². The van der Waals surface area contributed by atoms with Crippen LogP contribution in [0.1, 0.15) is 6.92 Å². The molecular weight excluding hydrogens is 188 g/mol. The molecule has 0 fully saturated rings. The van der Waals surface area contributed by atoms with Crippen molar-refractivity contribution in [3.8, 4) is 0 Å². The van der Waals surface area contributed by atoms with Gasteiger partial charge in [-0.1, -0.05) is 0 Å². The summed E-state index contributed by atoms with van der Waals surface area (Å²) in [5.41, 5.74) is 0. The summed E-state index contributed by atoms with van der Waals surface area (Å²) in [6, 6.07) is 0. The van der Waals surface area contributed by atoms with Gasteiger partial charge in [-0.15, -0.1) is 0 Å². The van der Waals surface area contributed by atoms with E-state index in [4.69, 9.17) is 5.11 Å². The number of amidine groups is 1. The molecule has 1 rings (SSSR count). The van der Waals surface area contributed by atoms with E-state index in [9.17, 15) is 14.7 Å². The van der Waals surface area contributed by atoms with Gasteiger partial charge in [-0.2, -0.15) is 0 Å². The van der Waals surface area contributed by atoms with Crippen LogP contribution in [-0.4, -0.2) is 58.5 Å². The van der Waals surface area contributed by atoms with E-state index in [1.165, 1.54) is 0 Å². The molecule has 14 heavy (non-hydrogen) atoms. The number of nitrogens with zero attached hydrogens (tertiary/aromatic N) is 2. The Morgan fingerprint density at radius 1 is 1.64 bits per heavy atom. The highest BCUT2D eigenvalue weighted by atomic mass is 16.4. The summed E-state index contributed by atoms with van der Waals surface area (Å²) in [5, 5.41) is 18.9. The van der Waals surface area contributed by atoms with Crippen LogP contribution in [0.25, 0.3) is 0 Å². The average Bonchev–Trinajstić information content (AvgIpc) is 2.34. The van der Waals surface area contributed by atoms with E-state index in [0.717, 1.165) is 0 Å². The average molecular weight is 200 g/mol. The minimum atomic E-state index is -1.15. The number of rotatable bonds is 4. The van der Waals surface area contributed by atoms with E-state index in [0.29, 0.717) is 18.9 Å². The SMILES string of the molecule is CC1=[N+](CC(=O)[O-])CCN1CC(=O)O. The van der Waals surface area contributed by atoms with Crippen molar-refractivity contribution in [1.82, 2.24) is 4.90 Å². The van der Waals surface area contributed by atoms with Crippen molar-refractivity contribution in [2.45, 2.75) is 6.92 Å². The van der Waals surface area contributed by atoms with Crippen LogP contribution in [0.15, 0.2) is 0 Å². The molecular formula is C8H12N2O4. The number of hydrogen-bond acceptors (Lipinski definition) is 4. The number of carboxylic acids is 2. The van der Waals surface area contributed by atoms with Gasteiger partial charge in [0.25, 0.3) is 0 Å². The van der Waals surface area contributed by atoms with Crippen LogP contribution in [0.3, 0.4) is 0 Å². The lowest BCUT2D eigenvalue weighted by molar-refractivity contribution is -0.519. The van der Waals surface area contributed by atoms with Gasteiger partial charge in [0.05, 0.1) is 5.97 Å². The molecule has 0 saturated heterocycles. The maximum Gasteiger partial charge on any atom is 0.345 e. The molecule has 0 aromatic heterocycles. The van der Waals surface area contributed by atoms with Gasteiger partial charge in [-0.25, -0.2) is 4.79 Å². The second-order valence-corrected chi connectivity index (χ2v) is 3.16. The second kappa shape index (κ2) is 4.08. The molecule has 0 aliphatic carbocycles. The van der Waals surface area contributed by atoms with Gasteiger partial charge < -0.3 is 15.0 Å². The Hall–Kier alpha value is -1.59. The molecule has 0 aromatic carbocycles. The fraction of sp³-hybridized carbons (Fsp3) is 0.625. The predicted octanol–water partition coefficient (Wildman–Crippen LogP) is -2.43. The first-order valence-electron chi connectivity index (χ1n) is 4.26. The van der Waals surface area contributed by atoms with Gasteiger partial charge in [0.2, 0.25) is 5.84 Å². The predicted molar refractivity (Wildman–Crippen MR) is 44.9 cm³/mol. The molecule has 0 amide bonds. The lowest BCUT2D eigenvalue weighted by atomic mass is 10.5. The fourth-order valence-corrected chi connectivity index (χ4v) is 1.47. The van der Waals surface area contributed by atoms with E-state index in [1.807, 2.05) is 0 Å². The Labute approximate surface area is 81.1 Å². The fourth-order valence-electron chi connectivity index (χ4n) is 1.47. The van der Waals surface area contributed by atoms with Crippen molar-refractivity contribution < 1.29 is 24.4 Å². The van der Waals surface area contributed by atoms with Crippen LogP contribution in [0.5, 0.6) is 0 Å². The molecule has 0 bridgehead atoms. The van der Waals surface area contributed by atoms with Crippen LogP contribution in [0.2, 0.25) is 0 Å². The van der Waals surface area contributed by atoms with Crippen molar-refractivity contribution in [3.05, 3.63) is 0 Å². The second-order valence-electron chi connectivity index (χ2n) is 3.16. The number of carboxylic acid groups (broad SMARTS) is 2. The van der Waals surface area contributed by atoms with E-state index in [2.05, 4.69) is 0 Å². The molecule has 0 saturated carbocycles. The highest BCUT2D eigenvalue weighted by Crippen LogP contribution is 2.00. The van der Waals surface area contributed by atoms with Crippen LogP contribution in [0, 0.1) is 0 Å². The molecule has 0 aromatic rings. The van der Waals surface area contributed by atoms with Gasteiger partial charge in [0, 0.05) is 6.92 Å². The monoisotopic (exact) mass is 200 g/mol. The Morgan fingerprint density at radius 2 is 2.29 bits per heavy atom. The van der Waals surface area contributed by atoms with Gasteiger partial charge in [-0.05, 0) is 0 Å². The largest absolute Gasteiger partial charge is 0.546 e. The minimum absolute atomic E-state index is 0.0879. The van der Waals surface area contributed by atoms with E-state index in [1.54, 1.807) is 16.4 Å². The van der Waals surface area contributed by atoms with Crippen molar-refractivity contribution in [2.75, 3.05) is 26.2 Å². The van der Waals surface area contributed by atoms with Crippen LogP contribution >= 0.6 is 0 Å². The van der Waals surface area contributed by atoms with E-state index < -0.39 is 11.9 Å². The van der Waals surface area contributed by atoms with Crippen molar-refractivity contribution >= 4 is 17.8 Å². The molecule has 1 aliphatic heterocycles. The lowest BCUT2D eigenvalue weighted by Crippen LogP contribution is -2.36. The summed E-state index contributed by atoms with van der Waals surface area (Å²) in [5.74, 6) is -1.39. The number of aliphatic carboxylic acids is 2. The third-order valence-corrected chi connectivity index (χ3v) is 2.20. The zero-order valence-corrected chi connectivity index (χ0v) is 7.89. The molecule has 0 radical (unpaired) electrons. The van der Waals surface area contributed by atoms with Crippen LogP contribution in [0.4, 0.5) is 0 Å². The Bertz CT molecular complexity index is 298. The Balaban J connectivity index is 2.64. The molecule has 78 valence electrons. The number of carbonyl (C=O) groups excluding carboxylic acids is 1. The van der Waals surface area contributed by atoms with E-state index >= 15 is 0 Å². The van der Waals surface area contributed by atoms with Crippen molar-refractivity contribution in [3.63, 3.8) is 0 Å². The maximum absolute atomic E-state index is 10.4. The lowest BCUT2D eigenvalue weighted by Gasteiger charge is -2.07. The molecule has 6 nitrogen and oxygen atoms in total. The smallest absolute Gasteiger partial charge is 0.345 e. The summed E-state index contributed by atoms with van der Waals surface area (Å²) in [7, 11) is 0. The molecule has 1 N–H and O–H groups in total. The van der Waals surface area contributed by atoms with E-state index in [-0.39, 0.29) is 13.1 Å². The quantitative estimate of drug-likeness (QED) is 0.510. The summed E-state index contributed by atoms with van der Waals surface area (Å²) < 4.78 is 1.60. The molecule has 0 spiro atoms. The first kappa shape index (κ1) is 10.5. The topological polar surface area (TPSA) is 83.7 Å². The number of carbonyl (C=O) groups is 2. The highest BCUT2D eigenvalue weighted by Gasteiger charge is 2.28. The first-order valence-corrected chi connectivity index (χ1v) is 4.26. The summed E-state index contributed by atoms with van der Waals surface area (Å²) >= 11 is 0. The van der Waals surface area contributed by atoms with Crippen LogP contribution < -0.4 is 5.11 Å². The first-order chi connectivity index (χ1) is 6.50. The third-order valence-electron chi connectivity index (χ3n) is 2.20. The summed E-state index contributed by atoms with van der Waals surface area (Å²) in [4.78, 5) is 22.4.